The van der Waals surface area contributed by atoms with Gasteiger partial charge in [0, 0.05) is 31.4 Å². The van der Waals surface area contributed by atoms with E-state index in [0.717, 1.165) is 0 Å². The van der Waals surface area contributed by atoms with Crippen LogP contribution in [-0.2, 0) is 11.2 Å². The van der Waals surface area contributed by atoms with Gasteiger partial charge < -0.3 is 31.3 Å². The molecule has 0 bridgehead atoms. The number of ether oxygens (including phenoxy) is 1. The lowest BCUT2D eigenvalue weighted by molar-refractivity contribution is -0.122. The van der Waals surface area contributed by atoms with Crippen LogP contribution in [-0.4, -0.2) is 61.1 Å². The molecule has 0 saturated heterocycles. The topological polar surface area (TPSA) is 134 Å². The second kappa shape index (κ2) is 12.7. The van der Waals surface area contributed by atoms with Crippen LogP contribution in [0.3, 0.4) is 0 Å². The van der Waals surface area contributed by atoms with Gasteiger partial charge in [-0.25, -0.2) is 9.97 Å². The number of likely N-dealkylation sites (N-methyl/N-ethyl adjacent to an activating group) is 1. The number of amides is 2. The van der Waals surface area contributed by atoms with Crippen molar-refractivity contribution in [3.8, 4) is 5.75 Å². The van der Waals surface area contributed by atoms with Crippen LogP contribution < -0.4 is 31.3 Å². The van der Waals surface area contributed by atoms with Gasteiger partial charge in [0.1, 0.15) is 5.75 Å². The molecule has 1 aromatic carbocycles. The summed E-state index contributed by atoms with van der Waals surface area (Å²) < 4.78 is 5.82. The third kappa shape index (κ3) is 7.31. The van der Waals surface area contributed by atoms with Crippen molar-refractivity contribution in [2.24, 2.45) is 5.73 Å². The van der Waals surface area contributed by atoms with E-state index in [9.17, 15) is 9.59 Å². The van der Waals surface area contributed by atoms with Crippen LogP contribution in [0.15, 0.2) is 24.3 Å². The lowest BCUT2D eigenvalue weighted by Gasteiger charge is -2.25. The summed E-state index contributed by atoms with van der Waals surface area (Å²) in [4.78, 5) is 35.1. The molecular weight excluding hydrogens is 434 g/mol. The van der Waals surface area contributed by atoms with Crippen LogP contribution in [0.1, 0.15) is 50.3 Å². The van der Waals surface area contributed by atoms with E-state index in [1.165, 1.54) is 0 Å². The second-order valence-corrected chi connectivity index (χ2v) is 8.27. The molecule has 0 aliphatic carbocycles. The first-order chi connectivity index (χ1) is 16.2. The van der Waals surface area contributed by atoms with Crippen molar-refractivity contribution < 1.29 is 14.3 Å². The summed E-state index contributed by atoms with van der Waals surface area (Å²) >= 11 is 0. The molecule has 1 atom stereocenters. The number of hydrogen-bond acceptors (Lipinski definition) is 8. The quantitative estimate of drug-likeness (QED) is 0.327. The summed E-state index contributed by atoms with van der Waals surface area (Å²) in [7, 11) is 3.69. The van der Waals surface area contributed by atoms with Crippen molar-refractivity contribution >= 4 is 29.1 Å². The molecule has 34 heavy (non-hydrogen) atoms. The summed E-state index contributed by atoms with van der Waals surface area (Å²) in [5, 5.41) is 8.92. The number of aromatic nitrogens is 2. The molecule has 1 aromatic heterocycles. The van der Waals surface area contributed by atoms with Gasteiger partial charge in [0.25, 0.3) is 5.91 Å². The van der Waals surface area contributed by atoms with Crippen molar-refractivity contribution in [1.82, 2.24) is 20.6 Å². The molecule has 0 unspecified atom stereocenters. The van der Waals surface area contributed by atoms with Crippen molar-refractivity contribution in [3.05, 3.63) is 35.7 Å². The molecule has 0 radical (unpaired) electrons. The normalized spacial score (nSPS) is 11.7. The third-order valence-corrected chi connectivity index (χ3v) is 5.44. The highest BCUT2D eigenvalue weighted by molar-refractivity contribution is 5.96. The van der Waals surface area contributed by atoms with Gasteiger partial charge in [0.2, 0.25) is 5.91 Å². The Hall–Kier alpha value is -3.40. The fourth-order valence-electron chi connectivity index (χ4n) is 3.04. The molecule has 10 nitrogen and oxygen atoms in total. The van der Waals surface area contributed by atoms with E-state index >= 15 is 0 Å². The highest BCUT2D eigenvalue weighted by Crippen LogP contribution is 2.26. The third-order valence-electron chi connectivity index (χ3n) is 5.44. The first-order valence-corrected chi connectivity index (χ1v) is 11.6. The predicted molar refractivity (Wildman–Crippen MR) is 135 cm³/mol. The minimum absolute atomic E-state index is 0.0448. The lowest BCUT2D eigenvalue weighted by Crippen LogP contribution is -2.40. The van der Waals surface area contributed by atoms with Crippen molar-refractivity contribution in [2.75, 3.05) is 37.5 Å². The fraction of sp³-hybridized carbons (Fsp3) is 0.500. The van der Waals surface area contributed by atoms with Crippen molar-refractivity contribution in [3.63, 3.8) is 0 Å². The van der Waals surface area contributed by atoms with Gasteiger partial charge >= 0.3 is 0 Å². The maximum Gasteiger partial charge on any atom is 0.271 e. The second-order valence-electron chi connectivity index (χ2n) is 8.27. The largest absolute Gasteiger partial charge is 0.493 e. The number of aryl methyl sites for hydroxylation is 1. The first-order valence-electron chi connectivity index (χ1n) is 11.6. The van der Waals surface area contributed by atoms with Crippen LogP contribution in [0.2, 0.25) is 0 Å². The summed E-state index contributed by atoms with van der Waals surface area (Å²) in [6.07, 6.45) is 1.29. The lowest BCUT2D eigenvalue weighted by atomic mass is 10.2. The minimum atomic E-state index is -0.648. The molecule has 2 amide bonds. The van der Waals surface area contributed by atoms with E-state index in [0.29, 0.717) is 54.8 Å². The zero-order chi connectivity index (χ0) is 25.3. The van der Waals surface area contributed by atoms with E-state index in [4.69, 9.17) is 15.5 Å². The van der Waals surface area contributed by atoms with Crippen molar-refractivity contribution in [1.29, 1.82) is 0 Å². The van der Waals surface area contributed by atoms with Crippen LogP contribution >= 0.6 is 0 Å². The average molecular weight is 472 g/mol. The zero-order valence-electron chi connectivity index (χ0n) is 20.9. The van der Waals surface area contributed by atoms with Crippen LogP contribution in [0, 0.1) is 0 Å². The molecule has 0 spiro atoms. The molecule has 0 aliphatic heterocycles. The van der Waals surface area contributed by atoms with E-state index in [2.05, 4.69) is 34.8 Å². The Balaban J connectivity index is 2.12. The number of primary amides is 1. The smallest absolute Gasteiger partial charge is 0.271 e. The van der Waals surface area contributed by atoms with Gasteiger partial charge in [-0.2, -0.15) is 0 Å². The molecule has 186 valence electrons. The van der Waals surface area contributed by atoms with Gasteiger partial charge in [0.15, 0.2) is 17.3 Å². The van der Waals surface area contributed by atoms with E-state index < -0.39 is 5.91 Å². The minimum Gasteiger partial charge on any atom is -0.493 e. The van der Waals surface area contributed by atoms with E-state index in [1.807, 2.05) is 43.1 Å². The summed E-state index contributed by atoms with van der Waals surface area (Å²) in [5.41, 5.74) is 7.09. The molecule has 0 fully saturated rings. The highest BCUT2D eigenvalue weighted by atomic mass is 16.5. The van der Waals surface area contributed by atoms with Gasteiger partial charge in [-0.05, 0) is 52.8 Å². The number of benzene rings is 1. The number of carbonyl (C=O) groups is 2. The van der Waals surface area contributed by atoms with Gasteiger partial charge in [-0.3, -0.25) is 9.59 Å². The maximum absolute atomic E-state index is 12.1. The highest BCUT2D eigenvalue weighted by Gasteiger charge is 2.20. The maximum atomic E-state index is 12.1. The first kappa shape index (κ1) is 26.8. The number of carbonyl (C=O) groups excluding carboxylic acids is 2. The predicted octanol–water partition coefficient (Wildman–Crippen LogP) is 2.22. The molecule has 2 rings (SSSR count). The number of hydrogen-bond donors (Lipinski definition) is 4. The number of anilines is 3. The van der Waals surface area contributed by atoms with Gasteiger partial charge in [-0.1, -0.05) is 13.0 Å². The van der Waals surface area contributed by atoms with E-state index in [-0.39, 0.29) is 23.7 Å². The van der Waals surface area contributed by atoms with Crippen LogP contribution in [0.25, 0.3) is 0 Å². The van der Waals surface area contributed by atoms with Crippen molar-refractivity contribution in [2.45, 2.75) is 52.6 Å². The fourth-order valence-corrected chi connectivity index (χ4v) is 3.04. The summed E-state index contributed by atoms with van der Waals surface area (Å²) in [5.74, 6) is 0.957. The van der Waals surface area contributed by atoms with Gasteiger partial charge in [0.05, 0.1) is 18.3 Å². The summed E-state index contributed by atoms with van der Waals surface area (Å²) in [6, 6.07) is 7.31. The average Bonchev–Trinajstić information content (AvgIpc) is 2.82. The molecular formula is C24H37N7O3. The Labute approximate surface area is 201 Å². The van der Waals surface area contributed by atoms with E-state index in [1.54, 1.807) is 14.0 Å². The Morgan fingerprint density at radius 1 is 1.21 bits per heavy atom. The SMILES string of the molecule is CCc1nc(C(N)=O)c(Nc2cccc(OCCCNC(=O)[C@H](C)NC)c2)nc1N(C)C(C)C. The number of nitrogens with two attached hydrogens (primary N) is 1. The number of nitrogens with one attached hydrogen (secondary N) is 3. The monoisotopic (exact) mass is 471 g/mol. The molecule has 2 aromatic rings. The van der Waals surface area contributed by atoms with Gasteiger partial charge in [-0.15, -0.1) is 0 Å². The standard InChI is InChI=1S/C24H37N7O3/c1-7-19-23(31(6)15(2)3)30-22(20(29-19)21(25)32)28-17-10-8-11-18(14-17)34-13-9-12-27-24(33)16(4)26-5/h8,10-11,14-16,26H,7,9,12-13H2,1-6H3,(H2,25,32)(H,27,33)(H,28,30)/t16-/m0/s1. The van der Waals surface area contributed by atoms with Crippen LogP contribution in [0.4, 0.5) is 17.3 Å². The molecule has 0 aliphatic rings. The molecule has 10 heteroatoms. The summed E-state index contributed by atoms with van der Waals surface area (Å²) in [6.45, 7) is 8.85. The molecule has 0 saturated carbocycles. The zero-order valence-corrected chi connectivity index (χ0v) is 20.9. The molecule has 1 heterocycles. The Morgan fingerprint density at radius 2 is 1.94 bits per heavy atom. The number of rotatable bonds is 13. The Kier molecular flexibility index (Phi) is 10.1. The Bertz CT molecular complexity index is 981. The molecule has 5 N–H and O–H groups in total. The number of nitrogens with zero attached hydrogens (tertiary/aromatic N) is 3. The van der Waals surface area contributed by atoms with Crippen LogP contribution in [0.5, 0.6) is 5.75 Å². The Morgan fingerprint density at radius 3 is 2.56 bits per heavy atom.